The monoisotopic (exact) mass is 480 g/mol. The third-order valence-corrected chi connectivity index (χ3v) is 7.52. The van der Waals surface area contributed by atoms with E-state index in [1.807, 2.05) is 73.7 Å². The standard InChI is InChI=1S/C30H24O4S/c1-22-7-15-29(16-8-22)35(31,32)30-17-13-26(14-18-30)34-28-12-10-24-9-11-27(19-25(24)20-28)33-21-23-5-3-2-4-6-23/h2-20H,21H2,1H3. The number of fused-ring (bicyclic) bond motifs is 1. The molecule has 0 heterocycles. The van der Waals surface area contributed by atoms with Crippen LogP contribution in [0.3, 0.4) is 0 Å². The molecule has 174 valence electrons. The minimum atomic E-state index is -3.57. The van der Waals surface area contributed by atoms with Crippen molar-refractivity contribution >= 4 is 20.6 Å². The van der Waals surface area contributed by atoms with Crippen LogP contribution in [0.15, 0.2) is 125 Å². The van der Waals surface area contributed by atoms with Gasteiger partial charge in [0.1, 0.15) is 23.9 Å². The summed E-state index contributed by atoms with van der Waals surface area (Å²) in [6.07, 6.45) is 0. The Hall–Kier alpha value is -4.09. The lowest BCUT2D eigenvalue weighted by Gasteiger charge is -2.10. The van der Waals surface area contributed by atoms with E-state index < -0.39 is 9.84 Å². The molecule has 0 radical (unpaired) electrons. The molecule has 5 aromatic rings. The highest BCUT2D eigenvalue weighted by atomic mass is 32.2. The van der Waals surface area contributed by atoms with Crippen LogP contribution >= 0.6 is 0 Å². The lowest BCUT2D eigenvalue weighted by molar-refractivity contribution is 0.306. The second kappa shape index (κ2) is 9.65. The highest BCUT2D eigenvalue weighted by Gasteiger charge is 2.17. The summed E-state index contributed by atoms with van der Waals surface area (Å²) < 4.78 is 37.7. The van der Waals surface area contributed by atoms with Crippen LogP contribution in [0, 0.1) is 6.92 Å². The van der Waals surface area contributed by atoms with E-state index in [0.29, 0.717) is 18.1 Å². The fourth-order valence-electron chi connectivity index (χ4n) is 3.77. The zero-order valence-corrected chi connectivity index (χ0v) is 20.0. The molecule has 5 rings (SSSR count). The average molecular weight is 481 g/mol. The van der Waals surface area contributed by atoms with E-state index in [9.17, 15) is 8.42 Å². The van der Waals surface area contributed by atoms with Crippen LogP contribution in [0.1, 0.15) is 11.1 Å². The van der Waals surface area contributed by atoms with E-state index in [4.69, 9.17) is 9.47 Å². The molecule has 0 aliphatic carbocycles. The molecule has 0 spiro atoms. The van der Waals surface area contributed by atoms with E-state index in [-0.39, 0.29) is 9.79 Å². The van der Waals surface area contributed by atoms with Crippen LogP contribution in [0.4, 0.5) is 0 Å². The summed E-state index contributed by atoms with van der Waals surface area (Å²) in [4.78, 5) is 0.504. The van der Waals surface area contributed by atoms with E-state index in [1.165, 1.54) is 0 Å². The van der Waals surface area contributed by atoms with Gasteiger partial charge in [-0.3, -0.25) is 0 Å². The maximum absolute atomic E-state index is 12.9. The Kier molecular flexibility index (Phi) is 6.25. The van der Waals surface area contributed by atoms with Crippen LogP contribution < -0.4 is 9.47 Å². The summed E-state index contributed by atoms with van der Waals surface area (Å²) in [5.41, 5.74) is 2.12. The number of ether oxygens (including phenoxy) is 2. The summed E-state index contributed by atoms with van der Waals surface area (Å²) >= 11 is 0. The largest absolute Gasteiger partial charge is 0.489 e. The first-order valence-electron chi connectivity index (χ1n) is 11.3. The highest BCUT2D eigenvalue weighted by molar-refractivity contribution is 7.91. The lowest BCUT2D eigenvalue weighted by Crippen LogP contribution is -2.01. The van der Waals surface area contributed by atoms with E-state index in [1.54, 1.807) is 48.5 Å². The molecule has 4 nitrogen and oxygen atoms in total. The molecule has 0 amide bonds. The van der Waals surface area contributed by atoms with E-state index in [0.717, 1.165) is 27.6 Å². The minimum absolute atomic E-state index is 0.229. The van der Waals surface area contributed by atoms with Crippen LogP contribution in [-0.4, -0.2) is 8.42 Å². The molecule has 0 saturated heterocycles. The topological polar surface area (TPSA) is 52.6 Å². The molecule has 0 N–H and O–H groups in total. The Morgan fingerprint density at radius 3 is 1.86 bits per heavy atom. The second-order valence-corrected chi connectivity index (χ2v) is 10.3. The van der Waals surface area contributed by atoms with Crippen molar-refractivity contribution in [3.63, 3.8) is 0 Å². The van der Waals surface area contributed by atoms with Crippen molar-refractivity contribution in [3.05, 3.63) is 126 Å². The molecule has 0 fully saturated rings. The minimum Gasteiger partial charge on any atom is -0.489 e. The fraction of sp³-hybridized carbons (Fsp3) is 0.0667. The SMILES string of the molecule is Cc1ccc(S(=O)(=O)c2ccc(Oc3ccc4ccc(OCc5ccccc5)cc4c3)cc2)cc1. The van der Waals surface area contributed by atoms with Gasteiger partial charge in [0.15, 0.2) is 0 Å². The molecule has 0 bridgehead atoms. The summed E-state index contributed by atoms with van der Waals surface area (Å²) in [6, 6.07) is 35.2. The van der Waals surface area contributed by atoms with Gasteiger partial charge in [-0.25, -0.2) is 8.42 Å². The summed E-state index contributed by atoms with van der Waals surface area (Å²) in [7, 11) is -3.57. The maximum Gasteiger partial charge on any atom is 0.206 e. The summed E-state index contributed by atoms with van der Waals surface area (Å²) in [5.74, 6) is 2.00. The van der Waals surface area contributed by atoms with Gasteiger partial charge >= 0.3 is 0 Å². The van der Waals surface area contributed by atoms with Crippen molar-refractivity contribution in [1.29, 1.82) is 0 Å². The van der Waals surface area contributed by atoms with Gasteiger partial charge in [0.25, 0.3) is 0 Å². The number of benzene rings is 5. The van der Waals surface area contributed by atoms with E-state index >= 15 is 0 Å². The maximum atomic E-state index is 12.9. The van der Waals surface area contributed by atoms with Gasteiger partial charge in [0.2, 0.25) is 9.84 Å². The molecule has 0 saturated carbocycles. The number of sulfone groups is 1. The Bertz CT molecular complexity index is 1560. The van der Waals surface area contributed by atoms with Gasteiger partial charge in [-0.15, -0.1) is 0 Å². The van der Waals surface area contributed by atoms with Crippen molar-refractivity contribution in [2.45, 2.75) is 23.3 Å². The molecule has 0 aromatic heterocycles. The van der Waals surface area contributed by atoms with Crippen LogP contribution in [0.5, 0.6) is 17.2 Å². The number of rotatable bonds is 7. The molecular weight excluding hydrogens is 456 g/mol. The number of aryl methyl sites for hydroxylation is 1. The van der Waals surface area contributed by atoms with Crippen LogP contribution in [0.25, 0.3) is 10.8 Å². The lowest BCUT2D eigenvalue weighted by atomic mass is 10.1. The Balaban J connectivity index is 1.32. The van der Waals surface area contributed by atoms with Gasteiger partial charge in [0.05, 0.1) is 9.79 Å². The summed E-state index contributed by atoms with van der Waals surface area (Å²) in [6.45, 7) is 2.42. The Labute approximate surface area is 205 Å². The zero-order valence-electron chi connectivity index (χ0n) is 19.2. The number of hydrogen-bond donors (Lipinski definition) is 0. The first kappa shape index (κ1) is 22.7. The van der Waals surface area contributed by atoms with Gasteiger partial charge in [0, 0.05) is 0 Å². The molecule has 35 heavy (non-hydrogen) atoms. The second-order valence-electron chi connectivity index (χ2n) is 8.33. The van der Waals surface area contributed by atoms with Crippen molar-refractivity contribution in [2.75, 3.05) is 0 Å². The van der Waals surface area contributed by atoms with Crippen LogP contribution in [-0.2, 0) is 16.4 Å². The van der Waals surface area contributed by atoms with Gasteiger partial charge in [-0.2, -0.15) is 0 Å². The third-order valence-electron chi connectivity index (χ3n) is 5.73. The predicted molar refractivity (Wildman–Crippen MR) is 138 cm³/mol. The van der Waals surface area contributed by atoms with Gasteiger partial charge in [-0.1, -0.05) is 60.2 Å². The molecule has 0 aliphatic heterocycles. The molecule has 5 aromatic carbocycles. The van der Waals surface area contributed by atoms with Gasteiger partial charge in [-0.05, 0) is 83.9 Å². The van der Waals surface area contributed by atoms with Crippen molar-refractivity contribution in [3.8, 4) is 17.2 Å². The van der Waals surface area contributed by atoms with Crippen LogP contribution in [0.2, 0.25) is 0 Å². The Morgan fingerprint density at radius 1 is 0.600 bits per heavy atom. The highest BCUT2D eigenvalue weighted by Crippen LogP contribution is 2.30. The van der Waals surface area contributed by atoms with E-state index in [2.05, 4.69) is 0 Å². The quantitative estimate of drug-likeness (QED) is 0.244. The first-order valence-corrected chi connectivity index (χ1v) is 12.8. The molecular formula is C30H24O4S. The predicted octanol–water partition coefficient (Wildman–Crippen LogP) is 7.35. The van der Waals surface area contributed by atoms with Crippen molar-refractivity contribution in [1.82, 2.24) is 0 Å². The Morgan fingerprint density at radius 2 is 1.17 bits per heavy atom. The molecule has 0 atom stereocenters. The zero-order chi connectivity index (χ0) is 24.3. The molecule has 5 heteroatoms. The normalized spacial score (nSPS) is 11.3. The molecule has 0 aliphatic rings. The first-order chi connectivity index (χ1) is 17.0. The molecule has 0 unspecified atom stereocenters. The average Bonchev–Trinajstić information content (AvgIpc) is 2.88. The van der Waals surface area contributed by atoms with Crippen molar-refractivity contribution < 1.29 is 17.9 Å². The van der Waals surface area contributed by atoms with Crippen molar-refractivity contribution in [2.24, 2.45) is 0 Å². The van der Waals surface area contributed by atoms with Gasteiger partial charge < -0.3 is 9.47 Å². The number of hydrogen-bond acceptors (Lipinski definition) is 4. The smallest absolute Gasteiger partial charge is 0.206 e. The third kappa shape index (κ3) is 5.20. The summed E-state index contributed by atoms with van der Waals surface area (Å²) in [5, 5.41) is 2.07. The fourth-order valence-corrected chi connectivity index (χ4v) is 5.03.